The van der Waals surface area contributed by atoms with Crippen molar-refractivity contribution in [2.75, 3.05) is 0 Å². The van der Waals surface area contributed by atoms with Crippen LogP contribution in [0.1, 0.15) is 56.7 Å². The van der Waals surface area contributed by atoms with Crippen molar-refractivity contribution in [3.05, 3.63) is 11.9 Å². The van der Waals surface area contributed by atoms with Crippen molar-refractivity contribution < 1.29 is 22.7 Å². The van der Waals surface area contributed by atoms with Gasteiger partial charge in [-0.1, -0.05) is 0 Å². The summed E-state index contributed by atoms with van der Waals surface area (Å²) in [5.41, 5.74) is -0.958. The molecule has 5 saturated carbocycles. The molecule has 142 valence electrons. The second-order valence-corrected chi connectivity index (χ2v) is 8.52. The highest BCUT2D eigenvalue weighted by molar-refractivity contribution is 5.71. The van der Waals surface area contributed by atoms with Crippen LogP contribution in [0.2, 0.25) is 0 Å². The summed E-state index contributed by atoms with van der Waals surface area (Å²) in [7, 11) is 0. The quantitative estimate of drug-likeness (QED) is 0.871. The van der Waals surface area contributed by atoms with Crippen LogP contribution in [-0.4, -0.2) is 21.9 Å². The number of hydrogen-bond acceptors (Lipinski definition) is 3. The van der Waals surface area contributed by atoms with E-state index in [2.05, 4.69) is 10.4 Å². The molecule has 1 aromatic heterocycles. The minimum Gasteiger partial charge on any atom is -0.406 e. The fourth-order valence-electron chi connectivity index (χ4n) is 5.71. The number of hydrogen-bond donors (Lipinski definition) is 1. The zero-order valence-electron chi connectivity index (χ0n) is 14.3. The highest BCUT2D eigenvalue weighted by Crippen LogP contribution is 2.53. The number of nitrogens with one attached hydrogen (secondary N) is 1. The fraction of sp³-hybridized carbons (Fsp3) is 0.778. The number of nitrogens with zero attached hydrogens (tertiary/aromatic N) is 2. The van der Waals surface area contributed by atoms with Crippen molar-refractivity contribution in [1.29, 1.82) is 0 Å². The third kappa shape index (κ3) is 2.77. The average Bonchev–Trinajstić information content (AvgIpc) is 3.30. The second kappa shape index (κ2) is 5.63. The van der Waals surface area contributed by atoms with Gasteiger partial charge >= 0.3 is 12.3 Å². The van der Waals surface area contributed by atoms with Crippen LogP contribution >= 0.6 is 0 Å². The maximum Gasteiger partial charge on any atom is 0.436 e. The number of carbonyl (C=O) groups excluding carboxylic acids is 1. The molecular formula is C18H22F3N3O2. The monoisotopic (exact) mass is 369 g/mol. The molecule has 6 rings (SSSR count). The van der Waals surface area contributed by atoms with Crippen LogP contribution in [-0.2, 0) is 6.18 Å². The molecule has 4 bridgehead atoms. The lowest BCUT2D eigenvalue weighted by Gasteiger charge is -2.54. The van der Waals surface area contributed by atoms with Crippen molar-refractivity contribution in [3.8, 4) is 5.75 Å². The molecule has 5 nitrogen and oxygen atoms in total. The molecule has 0 aromatic carbocycles. The maximum absolute atomic E-state index is 13.4. The van der Waals surface area contributed by atoms with Gasteiger partial charge in [-0.2, -0.15) is 18.3 Å². The van der Waals surface area contributed by atoms with E-state index in [0.29, 0.717) is 24.7 Å². The van der Waals surface area contributed by atoms with E-state index in [9.17, 15) is 18.0 Å². The molecule has 0 spiro atoms. The summed E-state index contributed by atoms with van der Waals surface area (Å²) in [5.74, 6) is 1.91. The first-order chi connectivity index (χ1) is 12.4. The van der Waals surface area contributed by atoms with Gasteiger partial charge in [-0.05, 0) is 68.6 Å². The molecular weight excluding hydrogens is 347 g/mol. The zero-order chi connectivity index (χ0) is 18.1. The predicted octanol–water partition coefficient (Wildman–Crippen LogP) is 4.15. The van der Waals surface area contributed by atoms with E-state index in [1.165, 1.54) is 6.42 Å². The number of rotatable bonds is 3. The molecule has 0 saturated heterocycles. The zero-order valence-corrected chi connectivity index (χ0v) is 14.3. The molecule has 8 heteroatoms. The summed E-state index contributed by atoms with van der Waals surface area (Å²) in [5, 5.41) is 6.69. The number of halogens is 3. The van der Waals surface area contributed by atoms with Gasteiger partial charge < -0.3 is 10.1 Å². The Hall–Kier alpha value is -1.73. The Balaban J connectivity index is 1.30. The summed E-state index contributed by atoms with van der Waals surface area (Å²) in [4.78, 5) is 12.3. The Bertz CT molecular complexity index is 698. The molecule has 0 radical (unpaired) electrons. The van der Waals surface area contributed by atoms with E-state index in [1.54, 1.807) is 0 Å². The van der Waals surface area contributed by atoms with Crippen molar-refractivity contribution in [1.82, 2.24) is 15.1 Å². The van der Waals surface area contributed by atoms with E-state index in [0.717, 1.165) is 48.4 Å². The minimum atomic E-state index is -4.60. The van der Waals surface area contributed by atoms with E-state index in [1.807, 2.05) is 0 Å². The van der Waals surface area contributed by atoms with Crippen molar-refractivity contribution in [2.45, 2.75) is 63.2 Å². The number of ether oxygens (including phenoxy) is 1. The molecule has 0 unspecified atom stereocenters. The van der Waals surface area contributed by atoms with Gasteiger partial charge in [0.05, 0.1) is 12.2 Å². The fourth-order valence-corrected chi connectivity index (χ4v) is 5.71. The largest absolute Gasteiger partial charge is 0.436 e. The molecule has 5 aliphatic rings. The number of amides is 1. The smallest absolute Gasteiger partial charge is 0.406 e. The molecule has 26 heavy (non-hydrogen) atoms. The number of aromatic nitrogens is 2. The number of carbonyl (C=O) groups is 1. The lowest BCUT2D eigenvalue weighted by Crippen LogP contribution is -2.56. The molecule has 5 aliphatic carbocycles. The molecule has 1 amide bonds. The topological polar surface area (TPSA) is 56.1 Å². The van der Waals surface area contributed by atoms with E-state index in [-0.39, 0.29) is 12.1 Å². The Morgan fingerprint density at radius 1 is 1.12 bits per heavy atom. The Labute approximate surface area is 149 Å². The van der Waals surface area contributed by atoms with Gasteiger partial charge in [0, 0.05) is 6.04 Å². The standard InChI is InChI=1S/C18H22F3N3O2/c19-18(20,21)16-14(8-22-24(16)13-1-2-13)26-17(25)23-15-11-4-9-3-10(6-11)7-12(15)5-9/h8-13,15H,1-7H2,(H,23,25). The van der Waals surface area contributed by atoms with Crippen LogP contribution in [0.4, 0.5) is 18.0 Å². The molecule has 1 heterocycles. The van der Waals surface area contributed by atoms with Gasteiger partial charge in [0.2, 0.25) is 0 Å². The van der Waals surface area contributed by atoms with Crippen LogP contribution in [0.5, 0.6) is 5.75 Å². The van der Waals surface area contributed by atoms with Crippen molar-refractivity contribution >= 4 is 6.09 Å². The highest BCUT2D eigenvalue weighted by Gasteiger charge is 2.49. The van der Waals surface area contributed by atoms with Gasteiger partial charge in [-0.15, -0.1) is 0 Å². The molecule has 5 fully saturated rings. The SMILES string of the molecule is O=C(NC1C2CC3CC(C2)CC1C3)Oc1cnn(C2CC2)c1C(F)(F)F. The third-order valence-corrected chi connectivity index (χ3v) is 6.64. The van der Waals surface area contributed by atoms with Gasteiger partial charge in [-0.3, -0.25) is 4.68 Å². The molecule has 0 atom stereocenters. The summed E-state index contributed by atoms with van der Waals surface area (Å²) >= 11 is 0. The van der Waals surface area contributed by atoms with Crippen LogP contribution in [0, 0.1) is 23.7 Å². The minimum absolute atomic E-state index is 0.0307. The van der Waals surface area contributed by atoms with Gasteiger partial charge in [-0.25, -0.2) is 4.79 Å². The van der Waals surface area contributed by atoms with Crippen molar-refractivity contribution in [2.24, 2.45) is 23.7 Å². The normalized spacial score (nSPS) is 35.6. The van der Waals surface area contributed by atoms with Crippen molar-refractivity contribution in [3.63, 3.8) is 0 Å². The summed E-state index contributed by atoms with van der Waals surface area (Å²) in [6.45, 7) is 0. The first-order valence-corrected chi connectivity index (χ1v) is 9.51. The third-order valence-electron chi connectivity index (χ3n) is 6.64. The maximum atomic E-state index is 13.4. The van der Waals surface area contributed by atoms with Gasteiger partial charge in [0.25, 0.3) is 0 Å². The summed E-state index contributed by atoms with van der Waals surface area (Å²) in [6.07, 6.45) is 2.74. The molecule has 1 aromatic rings. The van der Waals surface area contributed by atoms with E-state index < -0.39 is 23.7 Å². The Morgan fingerprint density at radius 3 is 2.27 bits per heavy atom. The van der Waals surface area contributed by atoms with Crippen LogP contribution in [0.25, 0.3) is 0 Å². The first kappa shape index (κ1) is 16.4. The molecule has 0 aliphatic heterocycles. The lowest BCUT2D eigenvalue weighted by atomic mass is 9.54. The van der Waals surface area contributed by atoms with E-state index in [4.69, 9.17) is 4.74 Å². The highest BCUT2D eigenvalue weighted by atomic mass is 19.4. The van der Waals surface area contributed by atoms with Crippen LogP contribution in [0.15, 0.2) is 6.20 Å². The van der Waals surface area contributed by atoms with Crippen LogP contribution < -0.4 is 10.1 Å². The van der Waals surface area contributed by atoms with Gasteiger partial charge in [0.15, 0.2) is 11.4 Å². The number of alkyl halides is 3. The summed E-state index contributed by atoms with van der Waals surface area (Å²) in [6, 6.07) is -0.209. The Kier molecular flexibility index (Phi) is 3.56. The predicted molar refractivity (Wildman–Crippen MR) is 85.5 cm³/mol. The van der Waals surface area contributed by atoms with Gasteiger partial charge in [0.1, 0.15) is 0 Å². The van der Waals surface area contributed by atoms with E-state index >= 15 is 0 Å². The molecule has 1 N–H and O–H groups in total. The summed E-state index contributed by atoms with van der Waals surface area (Å²) < 4.78 is 46.2. The Morgan fingerprint density at radius 2 is 1.73 bits per heavy atom. The average molecular weight is 369 g/mol. The van der Waals surface area contributed by atoms with Crippen LogP contribution in [0.3, 0.4) is 0 Å². The lowest BCUT2D eigenvalue weighted by molar-refractivity contribution is -0.145. The first-order valence-electron chi connectivity index (χ1n) is 9.51. The second-order valence-electron chi connectivity index (χ2n) is 8.52.